The quantitative estimate of drug-likeness (QED) is 0.524. The highest BCUT2D eigenvalue weighted by molar-refractivity contribution is 5.91. The first-order valence-electron chi connectivity index (χ1n) is 9.27. The summed E-state index contributed by atoms with van der Waals surface area (Å²) >= 11 is 0. The van der Waals surface area contributed by atoms with E-state index in [9.17, 15) is 9.18 Å². The molecule has 7 heteroatoms. The zero-order valence-electron chi connectivity index (χ0n) is 15.8. The maximum atomic E-state index is 13.1. The predicted molar refractivity (Wildman–Crippen MR) is 108 cm³/mol. The van der Waals surface area contributed by atoms with Gasteiger partial charge in [-0.2, -0.15) is 4.98 Å². The van der Waals surface area contributed by atoms with E-state index in [2.05, 4.69) is 15.5 Å². The molecule has 1 amide bonds. The third kappa shape index (κ3) is 4.08. The third-order valence-electron chi connectivity index (χ3n) is 4.56. The summed E-state index contributed by atoms with van der Waals surface area (Å²) in [6.45, 7) is 2.15. The summed E-state index contributed by atoms with van der Waals surface area (Å²) in [4.78, 5) is 16.9. The number of carbonyl (C=O) groups excluding carboxylic acids is 1. The molecule has 4 aromatic rings. The first kappa shape index (κ1) is 18.6. The number of nitrogens with one attached hydrogen (secondary N) is 1. The molecule has 6 nitrogen and oxygen atoms in total. The van der Waals surface area contributed by atoms with Gasteiger partial charge in [0.2, 0.25) is 11.7 Å². The van der Waals surface area contributed by atoms with E-state index in [1.54, 1.807) is 29.0 Å². The number of hydrogen-bond acceptors (Lipinski definition) is 4. The largest absolute Gasteiger partial charge is 0.334 e. The highest BCUT2D eigenvalue weighted by Crippen LogP contribution is 2.23. The third-order valence-corrected chi connectivity index (χ3v) is 4.56. The van der Waals surface area contributed by atoms with Gasteiger partial charge in [0.05, 0.1) is 0 Å². The van der Waals surface area contributed by atoms with Crippen LogP contribution in [-0.4, -0.2) is 20.6 Å². The van der Waals surface area contributed by atoms with Crippen LogP contribution in [0.25, 0.3) is 23.0 Å². The van der Waals surface area contributed by atoms with Crippen LogP contribution in [0.1, 0.15) is 12.5 Å². The zero-order chi connectivity index (χ0) is 20.2. The van der Waals surface area contributed by atoms with E-state index in [-0.39, 0.29) is 24.2 Å². The Morgan fingerprint density at radius 3 is 2.69 bits per heavy atom. The number of rotatable bonds is 6. The average Bonchev–Trinajstić information content (AvgIpc) is 3.38. The first-order valence-corrected chi connectivity index (χ1v) is 9.27. The van der Waals surface area contributed by atoms with E-state index < -0.39 is 0 Å². The standard InChI is InChI=1S/C22H19FN4O2/c1-2-15-6-3-4-7-18(15)24-20(28)14-27-13-5-8-19(27)22-25-21(26-29-22)16-9-11-17(23)12-10-16/h3-13H,2,14H2,1H3,(H,24,28). The second kappa shape index (κ2) is 8.10. The van der Waals surface area contributed by atoms with Crippen LogP contribution in [0.3, 0.4) is 0 Å². The summed E-state index contributed by atoms with van der Waals surface area (Å²) in [6, 6.07) is 17.2. The summed E-state index contributed by atoms with van der Waals surface area (Å²) < 4.78 is 20.2. The van der Waals surface area contributed by atoms with Gasteiger partial charge in [-0.25, -0.2) is 4.39 Å². The van der Waals surface area contributed by atoms with E-state index >= 15 is 0 Å². The topological polar surface area (TPSA) is 73.0 Å². The lowest BCUT2D eigenvalue weighted by molar-refractivity contribution is -0.116. The van der Waals surface area contributed by atoms with Crippen molar-refractivity contribution < 1.29 is 13.7 Å². The molecule has 0 aliphatic rings. The minimum atomic E-state index is -0.331. The summed E-state index contributed by atoms with van der Waals surface area (Å²) in [7, 11) is 0. The number of aromatic nitrogens is 3. The van der Waals surface area contributed by atoms with Gasteiger partial charge in [0.15, 0.2) is 0 Å². The molecule has 0 bridgehead atoms. The van der Waals surface area contributed by atoms with Crippen molar-refractivity contribution in [3.8, 4) is 23.0 Å². The molecule has 0 atom stereocenters. The van der Waals surface area contributed by atoms with Gasteiger partial charge in [-0.15, -0.1) is 0 Å². The Hall–Kier alpha value is -3.74. The van der Waals surface area contributed by atoms with E-state index in [0.717, 1.165) is 17.7 Å². The van der Waals surface area contributed by atoms with Crippen molar-refractivity contribution in [1.29, 1.82) is 0 Å². The van der Waals surface area contributed by atoms with Crippen LogP contribution in [0.4, 0.5) is 10.1 Å². The van der Waals surface area contributed by atoms with Crippen LogP contribution in [0.5, 0.6) is 0 Å². The Balaban J connectivity index is 1.52. The molecule has 1 N–H and O–H groups in total. The molecule has 0 spiro atoms. The molecule has 29 heavy (non-hydrogen) atoms. The maximum Gasteiger partial charge on any atom is 0.274 e. The highest BCUT2D eigenvalue weighted by Gasteiger charge is 2.16. The normalized spacial score (nSPS) is 10.8. The molecule has 0 radical (unpaired) electrons. The molecular weight excluding hydrogens is 371 g/mol. The lowest BCUT2D eigenvalue weighted by Crippen LogP contribution is -2.19. The van der Waals surface area contributed by atoms with Crippen LogP contribution in [-0.2, 0) is 17.8 Å². The van der Waals surface area contributed by atoms with Crippen molar-refractivity contribution in [2.24, 2.45) is 0 Å². The minimum Gasteiger partial charge on any atom is -0.334 e. The lowest BCUT2D eigenvalue weighted by Gasteiger charge is -2.11. The fourth-order valence-electron chi connectivity index (χ4n) is 3.08. The Bertz CT molecular complexity index is 1130. The molecule has 0 fully saturated rings. The molecule has 146 valence electrons. The molecule has 2 aromatic carbocycles. The predicted octanol–water partition coefficient (Wildman–Crippen LogP) is 4.55. The number of carbonyl (C=O) groups is 1. The summed E-state index contributed by atoms with van der Waals surface area (Å²) in [5.74, 6) is 0.161. The summed E-state index contributed by atoms with van der Waals surface area (Å²) in [5.41, 5.74) is 3.16. The molecule has 4 rings (SSSR count). The Morgan fingerprint density at radius 2 is 1.90 bits per heavy atom. The molecule has 0 aliphatic carbocycles. The second-order valence-electron chi connectivity index (χ2n) is 6.51. The van der Waals surface area contributed by atoms with Gasteiger partial charge >= 0.3 is 0 Å². The van der Waals surface area contributed by atoms with Crippen molar-refractivity contribution in [1.82, 2.24) is 14.7 Å². The fourth-order valence-corrected chi connectivity index (χ4v) is 3.08. The van der Waals surface area contributed by atoms with E-state index in [1.807, 2.05) is 37.3 Å². The van der Waals surface area contributed by atoms with Gasteiger partial charge in [-0.05, 0) is 54.4 Å². The Morgan fingerprint density at radius 1 is 1.10 bits per heavy atom. The molecular formula is C22H19FN4O2. The number of anilines is 1. The van der Waals surface area contributed by atoms with Crippen LogP contribution in [0.2, 0.25) is 0 Å². The smallest absolute Gasteiger partial charge is 0.274 e. The van der Waals surface area contributed by atoms with E-state index in [0.29, 0.717) is 17.1 Å². The highest BCUT2D eigenvalue weighted by atomic mass is 19.1. The maximum absolute atomic E-state index is 13.1. The van der Waals surface area contributed by atoms with Crippen LogP contribution in [0.15, 0.2) is 71.4 Å². The summed E-state index contributed by atoms with van der Waals surface area (Å²) in [6.07, 6.45) is 2.61. The number of benzene rings is 2. The van der Waals surface area contributed by atoms with Gasteiger partial charge < -0.3 is 14.4 Å². The lowest BCUT2D eigenvalue weighted by atomic mass is 10.1. The number of aryl methyl sites for hydroxylation is 1. The van der Waals surface area contributed by atoms with Gasteiger partial charge in [-0.1, -0.05) is 30.3 Å². The van der Waals surface area contributed by atoms with Crippen LogP contribution < -0.4 is 5.32 Å². The van der Waals surface area contributed by atoms with Gasteiger partial charge in [-0.3, -0.25) is 4.79 Å². The van der Waals surface area contributed by atoms with Crippen molar-refractivity contribution >= 4 is 11.6 Å². The second-order valence-corrected chi connectivity index (χ2v) is 6.51. The SMILES string of the molecule is CCc1ccccc1NC(=O)Cn1cccc1-c1nc(-c2ccc(F)cc2)no1. The number of para-hydroxylation sites is 1. The van der Waals surface area contributed by atoms with Gasteiger partial charge in [0.1, 0.15) is 18.1 Å². The van der Waals surface area contributed by atoms with Crippen LogP contribution in [0, 0.1) is 5.82 Å². The number of halogens is 1. The number of hydrogen-bond donors (Lipinski definition) is 1. The Kier molecular flexibility index (Phi) is 5.20. The molecule has 0 aliphatic heterocycles. The monoisotopic (exact) mass is 390 g/mol. The van der Waals surface area contributed by atoms with Crippen molar-refractivity contribution in [3.05, 3.63) is 78.2 Å². The number of amides is 1. The molecule has 0 unspecified atom stereocenters. The first-order chi connectivity index (χ1) is 14.1. The van der Waals surface area contributed by atoms with E-state index in [1.165, 1.54) is 12.1 Å². The van der Waals surface area contributed by atoms with Crippen molar-refractivity contribution in [3.63, 3.8) is 0 Å². The molecule has 0 saturated carbocycles. The average molecular weight is 390 g/mol. The van der Waals surface area contributed by atoms with E-state index in [4.69, 9.17) is 4.52 Å². The van der Waals surface area contributed by atoms with Crippen molar-refractivity contribution in [2.45, 2.75) is 19.9 Å². The minimum absolute atomic E-state index is 0.106. The number of nitrogens with zero attached hydrogens (tertiary/aromatic N) is 3. The van der Waals surface area contributed by atoms with Gasteiger partial charge in [0, 0.05) is 17.4 Å². The molecule has 0 saturated heterocycles. The van der Waals surface area contributed by atoms with Crippen LogP contribution >= 0.6 is 0 Å². The van der Waals surface area contributed by atoms with Crippen molar-refractivity contribution in [2.75, 3.05) is 5.32 Å². The van der Waals surface area contributed by atoms with Gasteiger partial charge in [0.25, 0.3) is 5.89 Å². The Labute approximate surface area is 167 Å². The summed E-state index contributed by atoms with van der Waals surface area (Å²) in [5, 5.41) is 6.91. The fraction of sp³-hybridized carbons (Fsp3) is 0.136. The molecule has 2 aromatic heterocycles. The zero-order valence-corrected chi connectivity index (χ0v) is 15.8. The molecule has 2 heterocycles.